The van der Waals surface area contributed by atoms with Gasteiger partial charge in [0.25, 0.3) is 0 Å². The molecule has 1 N–H and O–H groups in total. The molecule has 1 aliphatic heterocycles. The van der Waals surface area contributed by atoms with Gasteiger partial charge in [-0.25, -0.2) is 0 Å². The molecular weight excluding hydrogens is 234 g/mol. The lowest BCUT2D eigenvalue weighted by atomic mass is 9.92. The first-order valence-electron chi connectivity index (χ1n) is 6.78. The predicted octanol–water partition coefficient (Wildman–Crippen LogP) is 1.21. The van der Waals surface area contributed by atoms with Crippen molar-refractivity contribution in [3.05, 3.63) is 0 Å². The maximum atomic E-state index is 11.5. The quantitative estimate of drug-likeness (QED) is 0.822. The molecule has 0 atom stereocenters. The molecule has 0 radical (unpaired) electrons. The molecule has 2 fully saturated rings. The first-order valence-corrected chi connectivity index (χ1v) is 6.78. The highest BCUT2D eigenvalue weighted by Gasteiger charge is 2.40. The Kier molecular flexibility index (Phi) is 4.59. The third-order valence-electron chi connectivity index (χ3n) is 3.41. The van der Waals surface area contributed by atoms with Crippen molar-refractivity contribution in [2.45, 2.75) is 57.5 Å². The van der Waals surface area contributed by atoms with Crippen LogP contribution in [0, 0.1) is 0 Å². The topological polar surface area (TPSA) is 56.8 Å². The van der Waals surface area contributed by atoms with Gasteiger partial charge in [-0.3, -0.25) is 4.79 Å². The molecule has 104 valence electrons. The van der Waals surface area contributed by atoms with Gasteiger partial charge < -0.3 is 19.5 Å². The minimum absolute atomic E-state index is 0.0429. The van der Waals surface area contributed by atoms with E-state index in [0.29, 0.717) is 13.2 Å². The molecule has 0 aromatic rings. The van der Waals surface area contributed by atoms with Crippen LogP contribution in [0.25, 0.3) is 0 Å². The van der Waals surface area contributed by atoms with Crippen molar-refractivity contribution in [3.8, 4) is 0 Å². The molecule has 1 aliphatic carbocycles. The van der Waals surface area contributed by atoms with Gasteiger partial charge in [-0.2, -0.15) is 0 Å². The van der Waals surface area contributed by atoms with Gasteiger partial charge in [-0.05, 0) is 26.7 Å². The van der Waals surface area contributed by atoms with Crippen LogP contribution in [-0.4, -0.2) is 43.7 Å². The normalized spacial score (nSPS) is 23.7. The second-order valence-corrected chi connectivity index (χ2v) is 5.34. The van der Waals surface area contributed by atoms with E-state index in [1.807, 2.05) is 13.8 Å². The summed E-state index contributed by atoms with van der Waals surface area (Å²) in [6.45, 7) is 5.43. The molecule has 0 aromatic carbocycles. The fourth-order valence-electron chi connectivity index (χ4n) is 2.54. The number of amides is 1. The van der Waals surface area contributed by atoms with E-state index in [4.69, 9.17) is 14.2 Å². The molecule has 2 aliphatic rings. The van der Waals surface area contributed by atoms with E-state index >= 15 is 0 Å². The number of rotatable bonds is 4. The lowest BCUT2D eigenvalue weighted by Gasteiger charge is -2.35. The van der Waals surface area contributed by atoms with Crippen molar-refractivity contribution < 1.29 is 19.0 Å². The van der Waals surface area contributed by atoms with Gasteiger partial charge in [0, 0.05) is 18.9 Å². The minimum atomic E-state index is -0.347. The largest absolute Gasteiger partial charge is 0.368 e. The Labute approximate surface area is 108 Å². The second kappa shape index (κ2) is 5.99. The number of nitrogens with one attached hydrogen (secondary N) is 1. The molecule has 1 saturated carbocycles. The number of hydrogen-bond acceptors (Lipinski definition) is 4. The van der Waals surface area contributed by atoms with Crippen LogP contribution in [0.15, 0.2) is 0 Å². The molecule has 5 nitrogen and oxygen atoms in total. The summed E-state index contributed by atoms with van der Waals surface area (Å²) in [7, 11) is 0. The molecule has 18 heavy (non-hydrogen) atoms. The Morgan fingerprint density at radius 3 is 2.50 bits per heavy atom. The summed E-state index contributed by atoms with van der Waals surface area (Å²) in [4.78, 5) is 11.5. The Balaban J connectivity index is 1.66. The molecule has 1 heterocycles. The second-order valence-electron chi connectivity index (χ2n) is 5.34. The van der Waals surface area contributed by atoms with Gasteiger partial charge in [0.2, 0.25) is 5.91 Å². The zero-order valence-electron chi connectivity index (χ0n) is 11.2. The van der Waals surface area contributed by atoms with Crippen LogP contribution in [0.2, 0.25) is 0 Å². The van der Waals surface area contributed by atoms with E-state index < -0.39 is 0 Å². The van der Waals surface area contributed by atoms with Gasteiger partial charge in [0.1, 0.15) is 6.61 Å². The minimum Gasteiger partial charge on any atom is -0.368 e. The summed E-state index contributed by atoms with van der Waals surface area (Å²) in [5, 5.41) is 2.82. The smallest absolute Gasteiger partial charge is 0.246 e. The average Bonchev–Trinajstić information content (AvgIpc) is 2.76. The van der Waals surface area contributed by atoms with Crippen molar-refractivity contribution >= 4 is 5.91 Å². The molecule has 5 heteroatoms. The van der Waals surface area contributed by atoms with Crippen LogP contribution in [0.4, 0.5) is 0 Å². The molecular formula is C13H23NO4. The Morgan fingerprint density at radius 1 is 1.33 bits per heavy atom. The third kappa shape index (κ3) is 3.67. The maximum Gasteiger partial charge on any atom is 0.246 e. The molecule has 0 aromatic heterocycles. The summed E-state index contributed by atoms with van der Waals surface area (Å²) in [5.74, 6) is -0.390. The number of carbonyl (C=O) groups is 1. The summed E-state index contributed by atoms with van der Waals surface area (Å²) in [6, 6.07) is 0.163. The van der Waals surface area contributed by atoms with E-state index in [9.17, 15) is 4.79 Å². The summed E-state index contributed by atoms with van der Waals surface area (Å²) >= 11 is 0. The van der Waals surface area contributed by atoms with Crippen LogP contribution in [-0.2, 0) is 19.0 Å². The first kappa shape index (κ1) is 13.8. The fourth-order valence-corrected chi connectivity index (χ4v) is 2.54. The summed E-state index contributed by atoms with van der Waals surface area (Å²) in [6.07, 6.45) is 3.68. The van der Waals surface area contributed by atoms with Gasteiger partial charge in [0.15, 0.2) is 5.79 Å². The maximum absolute atomic E-state index is 11.5. The van der Waals surface area contributed by atoms with E-state index in [1.54, 1.807) is 0 Å². The van der Waals surface area contributed by atoms with Gasteiger partial charge in [-0.1, -0.05) is 0 Å². The highest BCUT2D eigenvalue weighted by Crippen LogP contribution is 2.36. The zero-order chi connectivity index (χ0) is 13.0. The van der Waals surface area contributed by atoms with E-state index in [1.165, 1.54) is 0 Å². The molecule has 0 unspecified atom stereocenters. The average molecular weight is 257 g/mol. The highest BCUT2D eigenvalue weighted by molar-refractivity contribution is 5.77. The van der Waals surface area contributed by atoms with Crippen LogP contribution < -0.4 is 5.32 Å². The lowest BCUT2D eigenvalue weighted by Crippen LogP contribution is -2.39. The predicted molar refractivity (Wildman–Crippen MR) is 66.1 cm³/mol. The van der Waals surface area contributed by atoms with E-state index in [0.717, 1.165) is 25.7 Å². The lowest BCUT2D eigenvalue weighted by molar-refractivity contribution is -0.191. The highest BCUT2D eigenvalue weighted by atomic mass is 16.7. The van der Waals surface area contributed by atoms with E-state index in [2.05, 4.69) is 5.32 Å². The Hall–Kier alpha value is -0.650. The fraction of sp³-hybridized carbons (Fsp3) is 0.923. The van der Waals surface area contributed by atoms with Crippen molar-refractivity contribution in [2.75, 3.05) is 19.8 Å². The molecule has 1 spiro atoms. The zero-order valence-corrected chi connectivity index (χ0v) is 11.2. The van der Waals surface area contributed by atoms with Gasteiger partial charge in [0.05, 0.1) is 19.3 Å². The van der Waals surface area contributed by atoms with Crippen LogP contribution in [0.5, 0.6) is 0 Å². The first-order chi connectivity index (χ1) is 8.60. The van der Waals surface area contributed by atoms with E-state index in [-0.39, 0.29) is 30.4 Å². The van der Waals surface area contributed by atoms with Crippen LogP contribution >= 0.6 is 0 Å². The number of hydrogen-bond donors (Lipinski definition) is 1. The van der Waals surface area contributed by atoms with Crippen molar-refractivity contribution in [1.29, 1.82) is 0 Å². The van der Waals surface area contributed by atoms with Crippen molar-refractivity contribution in [2.24, 2.45) is 0 Å². The SMILES string of the molecule is CC(C)NC(=O)COC1CCC2(CC1)OCCO2. The summed E-state index contributed by atoms with van der Waals surface area (Å²) < 4.78 is 16.9. The molecule has 2 rings (SSSR count). The third-order valence-corrected chi connectivity index (χ3v) is 3.41. The number of carbonyl (C=O) groups excluding carboxylic acids is 1. The molecule has 1 saturated heterocycles. The number of ether oxygens (including phenoxy) is 3. The summed E-state index contributed by atoms with van der Waals surface area (Å²) in [5.41, 5.74) is 0. The van der Waals surface area contributed by atoms with Crippen LogP contribution in [0.3, 0.4) is 0 Å². The molecule has 0 bridgehead atoms. The standard InChI is InChI=1S/C13H23NO4/c1-10(2)14-12(15)9-16-11-3-5-13(6-4-11)17-7-8-18-13/h10-11H,3-9H2,1-2H3,(H,14,15). The Morgan fingerprint density at radius 2 is 1.94 bits per heavy atom. The van der Waals surface area contributed by atoms with Crippen molar-refractivity contribution in [3.63, 3.8) is 0 Å². The van der Waals surface area contributed by atoms with Crippen molar-refractivity contribution in [1.82, 2.24) is 5.32 Å². The van der Waals surface area contributed by atoms with Crippen LogP contribution in [0.1, 0.15) is 39.5 Å². The van der Waals surface area contributed by atoms with Gasteiger partial charge in [-0.15, -0.1) is 0 Å². The van der Waals surface area contributed by atoms with Gasteiger partial charge >= 0.3 is 0 Å². The monoisotopic (exact) mass is 257 g/mol. The Bertz CT molecular complexity index is 277. The molecule has 1 amide bonds.